The summed E-state index contributed by atoms with van der Waals surface area (Å²) in [5.41, 5.74) is 0.845. The van der Waals surface area contributed by atoms with Gasteiger partial charge in [-0.3, -0.25) is 0 Å². The van der Waals surface area contributed by atoms with Crippen LogP contribution in [0.3, 0.4) is 0 Å². The summed E-state index contributed by atoms with van der Waals surface area (Å²) in [6, 6.07) is 15.7. The van der Waals surface area contributed by atoms with Crippen LogP contribution in [-0.2, 0) is 6.42 Å². The van der Waals surface area contributed by atoms with Crippen molar-refractivity contribution < 1.29 is 18.9 Å². The summed E-state index contributed by atoms with van der Waals surface area (Å²) < 4.78 is 23.0. The van der Waals surface area contributed by atoms with Gasteiger partial charge >= 0.3 is 0 Å². The lowest BCUT2D eigenvalue weighted by atomic mass is 10.0. The lowest BCUT2D eigenvalue weighted by Crippen LogP contribution is -2.27. The molecule has 0 aliphatic carbocycles. The van der Waals surface area contributed by atoms with Gasteiger partial charge in [0.2, 0.25) is 5.75 Å². The molecule has 7 heteroatoms. The van der Waals surface area contributed by atoms with Crippen molar-refractivity contribution in [3.05, 3.63) is 48.0 Å². The number of rotatable bonds is 14. The van der Waals surface area contributed by atoms with E-state index in [2.05, 4.69) is 25.2 Å². The van der Waals surface area contributed by atoms with Gasteiger partial charge in [-0.15, -0.1) is 12.4 Å². The highest BCUT2D eigenvalue weighted by molar-refractivity contribution is 5.85. The van der Waals surface area contributed by atoms with Crippen LogP contribution in [0, 0.1) is 17.2 Å². The molecule has 0 saturated carbocycles. The molecule has 1 atom stereocenters. The van der Waals surface area contributed by atoms with Gasteiger partial charge in [0, 0.05) is 6.54 Å². The molecule has 6 nitrogen and oxygen atoms in total. The average molecular weight is 463 g/mol. The maximum Gasteiger partial charge on any atom is 0.203 e. The van der Waals surface area contributed by atoms with Crippen LogP contribution in [0.15, 0.2) is 42.5 Å². The molecule has 32 heavy (non-hydrogen) atoms. The zero-order valence-corrected chi connectivity index (χ0v) is 20.2. The summed E-state index contributed by atoms with van der Waals surface area (Å²) in [5.74, 6) is 2.98. The molecule has 0 spiro atoms. The van der Waals surface area contributed by atoms with Crippen LogP contribution >= 0.6 is 12.4 Å². The molecule has 0 heterocycles. The van der Waals surface area contributed by atoms with E-state index in [0.717, 1.165) is 37.2 Å². The highest BCUT2D eigenvalue weighted by Crippen LogP contribution is 2.39. The molecule has 2 rings (SSSR count). The van der Waals surface area contributed by atoms with Crippen LogP contribution in [0.5, 0.6) is 23.0 Å². The fourth-order valence-electron chi connectivity index (χ4n) is 3.27. The number of para-hydroxylation sites is 1. The third-order valence-corrected chi connectivity index (χ3v) is 4.94. The molecule has 0 aromatic heterocycles. The number of methoxy groups -OCH3 is 2. The van der Waals surface area contributed by atoms with Crippen molar-refractivity contribution in [1.82, 2.24) is 5.32 Å². The number of nitriles is 1. The predicted molar refractivity (Wildman–Crippen MR) is 129 cm³/mol. The van der Waals surface area contributed by atoms with Gasteiger partial charge in [-0.05, 0) is 55.1 Å². The highest BCUT2D eigenvalue weighted by Gasteiger charge is 2.20. The van der Waals surface area contributed by atoms with Crippen LogP contribution in [0.2, 0.25) is 0 Å². The smallest absolute Gasteiger partial charge is 0.203 e. The van der Waals surface area contributed by atoms with Crippen molar-refractivity contribution in [1.29, 1.82) is 5.26 Å². The largest absolute Gasteiger partial charge is 0.493 e. The zero-order valence-electron chi connectivity index (χ0n) is 19.4. The molecule has 2 aromatic rings. The van der Waals surface area contributed by atoms with Gasteiger partial charge in [-0.2, -0.15) is 5.26 Å². The van der Waals surface area contributed by atoms with E-state index in [1.54, 1.807) is 14.2 Å². The summed E-state index contributed by atoms with van der Waals surface area (Å²) >= 11 is 0. The van der Waals surface area contributed by atoms with Gasteiger partial charge in [-0.25, -0.2) is 0 Å². The molecule has 0 aliphatic heterocycles. The number of nitrogens with zero attached hydrogens (tertiary/aromatic N) is 1. The lowest BCUT2D eigenvalue weighted by molar-refractivity contribution is 0.133. The third kappa shape index (κ3) is 8.86. The topological polar surface area (TPSA) is 72.7 Å². The maximum atomic E-state index is 9.06. The van der Waals surface area contributed by atoms with Crippen LogP contribution in [0.1, 0.15) is 32.3 Å². The number of hydrogen-bond donors (Lipinski definition) is 1. The normalized spacial score (nSPS) is 11.2. The number of hydrogen-bond acceptors (Lipinski definition) is 6. The Morgan fingerprint density at radius 3 is 2.34 bits per heavy atom. The van der Waals surface area contributed by atoms with Gasteiger partial charge in [0.25, 0.3) is 0 Å². The first-order valence-corrected chi connectivity index (χ1v) is 10.8. The SMILES string of the molecule is COc1cc(CC#N)cc(OC(CCCNCCOc2ccccc2)C(C)C)c1OC.Cl. The Morgan fingerprint density at radius 2 is 1.72 bits per heavy atom. The summed E-state index contributed by atoms with van der Waals surface area (Å²) in [7, 11) is 3.19. The Kier molecular flexibility index (Phi) is 13.0. The predicted octanol–water partition coefficient (Wildman–Crippen LogP) is 5.04. The fourth-order valence-corrected chi connectivity index (χ4v) is 3.27. The molecule has 0 fully saturated rings. The van der Waals surface area contributed by atoms with Crippen molar-refractivity contribution in [2.24, 2.45) is 5.92 Å². The standard InChI is InChI=1S/C25H34N2O4.ClH/c1-19(2)22(11-8-14-27-15-16-30-21-9-6-5-7-10-21)31-24-18-20(12-13-26)17-23(28-3)25(24)29-4;/h5-7,9-10,17-19,22,27H,8,11-12,14-16H2,1-4H3;1H. The van der Waals surface area contributed by atoms with E-state index < -0.39 is 0 Å². The first-order valence-electron chi connectivity index (χ1n) is 10.8. The van der Waals surface area contributed by atoms with Crippen molar-refractivity contribution in [2.45, 2.75) is 39.2 Å². The van der Waals surface area contributed by atoms with E-state index in [9.17, 15) is 0 Å². The Hall–Kier alpha value is -2.62. The second-order valence-electron chi connectivity index (χ2n) is 7.62. The first kappa shape index (κ1) is 27.4. The summed E-state index contributed by atoms with van der Waals surface area (Å²) in [5, 5.41) is 12.5. The molecule has 176 valence electrons. The minimum Gasteiger partial charge on any atom is -0.493 e. The number of benzene rings is 2. The summed E-state index contributed by atoms with van der Waals surface area (Å²) in [4.78, 5) is 0. The van der Waals surface area contributed by atoms with E-state index in [0.29, 0.717) is 29.8 Å². The van der Waals surface area contributed by atoms with Crippen LogP contribution in [-0.4, -0.2) is 40.0 Å². The molecule has 0 saturated heterocycles. The van der Waals surface area contributed by atoms with Crippen LogP contribution in [0.4, 0.5) is 0 Å². The fraction of sp³-hybridized carbons (Fsp3) is 0.480. The Morgan fingerprint density at radius 1 is 1.00 bits per heavy atom. The molecule has 1 unspecified atom stereocenters. The van der Waals surface area contributed by atoms with Crippen molar-refractivity contribution in [3.8, 4) is 29.1 Å². The third-order valence-electron chi connectivity index (χ3n) is 4.94. The highest BCUT2D eigenvalue weighted by atomic mass is 35.5. The average Bonchev–Trinajstić information content (AvgIpc) is 2.78. The van der Waals surface area contributed by atoms with Crippen LogP contribution in [0.25, 0.3) is 0 Å². The second kappa shape index (κ2) is 15.2. The van der Waals surface area contributed by atoms with Crippen molar-refractivity contribution in [2.75, 3.05) is 33.9 Å². The second-order valence-corrected chi connectivity index (χ2v) is 7.62. The van der Waals surface area contributed by atoms with Gasteiger partial charge in [0.15, 0.2) is 11.5 Å². The molecule has 0 amide bonds. The molecule has 0 aliphatic rings. The quantitative estimate of drug-likeness (QED) is 0.396. The number of halogens is 1. The van der Waals surface area contributed by atoms with Gasteiger partial charge < -0.3 is 24.3 Å². The Balaban J connectivity index is 0.00000512. The molecule has 0 bridgehead atoms. The maximum absolute atomic E-state index is 9.06. The minimum absolute atomic E-state index is 0. The Bertz CT molecular complexity index is 825. The zero-order chi connectivity index (χ0) is 22.5. The lowest BCUT2D eigenvalue weighted by Gasteiger charge is -2.25. The van der Waals surface area contributed by atoms with Gasteiger partial charge in [0.1, 0.15) is 18.5 Å². The monoisotopic (exact) mass is 462 g/mol. The first-order chi connectivity index (χ1) is 15.1. The van der Waals surface area contributed by atoms with E-state index >= 15 is 0 Å². The molecule has 0 radical (unpaired) electrons. The van der Waals surface area contributed by atoms with Gasteiger partial charge in [-0.1, -0.05) is 32.0 Å². The molecule has 2 aromatic carbocycles. The summed E-state index contributed by atoms with van der Waals surface area (Å²) in [6.45, 7) is 6.61. The van der Waals surface area contributed by atoms with E-state index in [-0.39, 0.29) is 24.9 Å². The van der Waals surface area contributed by atoms with E-state index in [4.69, 9.17) is 24.2 Å². The molecular weight excluding hydrogens is 428 g/mol. The summed E-state index contributed by atoms with van der Waals surface area (Å²) in [6.07, 6.45) is 2.19. The molecule has 1 N–H and O–H groups in total. The Labute approximate surface area is 198 Å². The number of nitrogens with one attached hydrogen (secondary N) is 1. The molecular formula is C25H35ClN2O4. The van der Waals surface area contributed by atoms with Crippen molar-refractivity contribution in [3.63, 3.8) is 0 Å². The van der Waals surface area contributed by atoms with Crippen LogP contribution < -0.4 is 24.3 Å². The van der Waals surface area contributed by atoms with Crippen molar-refractivity contribution >= 4 is 12.4 Å². The minimum atomic E-state index is 0. The van der Waals surface area contributed by atoms with Gasteiger partial charge in [0.05, 0.1) is 26.7 Å². The van der Waals surface area contributed by atoms with E-state index in [1.807, 2.05) is 42.5 Å². The number of ether oxygens (including phenoxy) is 4. The van der Waals surface area contributed by atoms with E-state index in [1.165, 1.54) is 0 Å².